The van der Waals surface area contributed by atoms with Gasteiger partial charge in [-0.15, -0.1) is 35.3 Å². The molecule has 0 bridgehead atoms. The Labute approximate surface area is 211 Å². The molecule has 1 atom stereocenters. The zero-order chi connectivity index (χ0) is 21.8. The number of hydrogen-bond acceptors (Lipinski definition) is 7. The lowest BCUT2D eigenvalue weighted by Crippen LogP contribution is -2.57. The lowest BCUT2D eigenvalue weighted by molar-refractivity contribution is 0.0137. The number of thiazole rings is 1. The maximum atomic E-state index is 12.4. The normalized spacial score (nSPS) is 18.0. The molecule has 174 valence electrons. The summed E-state index contributed by atoms with van der Waals surface area (Å²) in [6, 6.07) is 10.7. The van der Waals surface area contributed by atoms with Crippen LogP contribution in [0.15, 0.2) is 40.7 Å². The first kappa shape index (κ1) is 24.8. The van der Waals surface area contributed by atoms with Crippen LogP contribution in [-0.4, -0.2) is 64.7 Å². The number of aromatic nitrogens is 1. The van der Waals surface area contributed by atoms with Crippen molar-refractivity contribution in [3.63, 3.8) is 0 Å². The monoisotopic (exact) mass is 569 g/mol. The summed E-state index contributed by atoms with van der Waals surface area (Å²) in [5.74, 6) is 0.910. The zero-order valence-corrected chi connectivity index (χ0v) is 22.1. The highest BCUT2D eigenvalue weighted by molar-refractivity contribution is 14.0. The van der Waals surface area contributed by atoms with Gasteiger partial charge in [0.1, 0.15) is 5.60 Å². The first-order valence-corrected chi connectivity index (χ1v) is 11.8. The smallest absolute Gasteiger partial charge is 0.410 e. The molecule has 7 nitrogen and oxygen atoms in total. The largest absolute Gasteiger partial charge is 0.444 e. The van der Waals surface area contributed by atoms with Crippen LogP contribution in [0.3, 0.4) is 0 Å². The van der Waals surface area contributed by atoms with E-state index >= 15 is 0 Å². The third kappa shape index (κ3) is 6.57. The van der Waals surface area contributed by atoms with Gasteiger partial charge in [0.15, 0.2) is 5.96 Å². The summed E-state index contributed by atoms with van der Waals surface area (Å²) in [5, 5.41) is 6.74. The molecule has 2 aromatic rings. The number of nitrogens with zero attached hydrogens (tertiary/aromatic N) is 4. The minimum Gasteiger partial charge on any atom is -0.444 e. The van der Waals surface area contributed by atoms with Gasteiger partial charge in [-0.3, -0.25) is 4.99 Å². The van der Waals surface area contributed by atoms with Gasteiger partial charge >= 0.3 is 6.09 Å². The van der Waals surface area contributed by atoms with Crippen molar-refractivity contribution in [3.8, 4) is 0 Å². The Balaban J connectivity index is 0.00000289. The zero-order valence-electron chi connectivity index (χ0n) is 18.9. The van der Waals surface area contributed by atoms with Crippen LogP contribution < -0.4 is 5.32 Å². The van der Waals surface area contributed by atoms with Crippen molar-refractivity contribution in [2.75, 3.05) is 26.2 Å². The van der Waals surface area contributed by atoms with E-state index in [1.807, 2.05) is 26.8 Å². The van der Waals surface area contributed by atoms with Crippen LogP contribution in [-0.2, 0) is 24.1 Å². The summed E-state index contributed by atoms with van der Waals surface area (Å²) >= 11 is 1.72. The van der Waals surface area contributed by atoms with Crippen LogP contribution in [0, 0.1) is 0 Å². The Bertz CT molecular complexity index is 928. The van der Waals surface area contributed by atoms with Gasteiger partial charge in [0, 0.05) is 31.4 Å². The minimum atomic E-state index is -0.472. The number of benzene rings is 1. The Morgan fingerprint density at radius 1 is 1.22 bits per heavy atom. The highest BCUT2D eigenvalue weighted by atomic mass is 127. The molecule has 1 aromatic heterocycles. The lowest BCUT2D eigenvalue weighted by atomic mass is 10.1. The minimum absolute atomic E-state index is 0. The molecule has 0 spiro atoms. The third-order valence-electron chi connectivity index (χ3n) is 5.36. The van der Waals surface area contributed by atoms with Gasteiger partial charge in [0.25, 0.3) is 0 Å². The van der Waals surface area contributed by atoms with Gasteiger partial charge < -0.3 is 19.9 Å². The molecule has 2 aliphatic heterocycles. The van der Waals surface area contributed by atoms with Crippen molar-refractivity contribution >= 4 is 47.4 Å². The van der Waals surface area contributed by atoms with E-state index in [-0.39, 0.29) is 36.1 Å². The van der Waals surface area contributed by atoms with Gasteiger partial charge in [-0.05, 0) is 32.8 Å². The summed E-state index contributed by atoms with van der Waals surface area (Å²) in [7, 11) is 0. The predicted molar refractivity (Wildman–Crippen MR) is 139 cm³/mol. The number of rotatable bonds is 5. The number of aryl methyl sites for hydroxylation is 2. The predicted octanol–water partition coefficient (Wildman–Crippen LogP) is 3.93. The maximum Gasteiger partial charge on any atom is 0.410 e. The molecule has 1 amide bonds. The third-order valence-corrected chi connectivity index (χ3v) is 6.31. The quantitative estimate of drug-likeness (QED) is 0.553. The molecule has 2 aliphatic rings. The maximum absolute atomic E-state index is 12.4. The van der Waals surface area contributed by atoms with Crippen molar-refractivity contribution < 1.29 is 9.53 Å². The second kappa shape index (κ2) is 10.8. The van der Waals surface area contributed by atoms with E-state index in [2.05, 4.69) is 44.9 Å². The molecular formula is C23H32IN5O2S. The number of piperazine rings is 1. The molecule has 3 heterocycles. The highest BCUT2D eigenvalue weighted by Gasteiger charge is 2.36. The van der Waals surface area contributed by atoms with Crippen LogP contribution in [0.1, 0.15) is 37.0 Å². The number of nitrogens with one attached hydrogen (secondary N) is 1. The first-order chi connectivity index (χ1) is 14.9. The van der Waals surface area contributed by atoms with E-state index in [9.17, 15) is 4.79 Å². The average Bonchev–Trinajstić information content (AvgIpc) is 3.36. The fourth-order valence-electron chi connectivity index (χ4n) is 3.83. The molecule has 1 aromatic carbocycles. The summed E-state index contributed by atoms with van der Waals surface area (Å²) in [4.78, 5) is 25.9. The molecule has 4 rings (SSSR count). The molecule has 32 heavy (non-hydrogen) atoms. The Hall–Kier alpha value is -1.88. The molecule has 1 unspecified atom stereocenters. The summed E-state index contributed by atoms with van der Waals surface area (Å²) < 4.78 is 5.52. The van der Waals surface area contributed by atoms with Gasteiger partial charge in [-0.2, -0.15) is 0 Å². The van der Waals surface area contributed by atoms with Crippen LogP contribution in [0.25, 0.3) is 0 Å². The number of carbonyl (C=O) groups excluding carboxylic acids is 1. The van der Waals surface area contributed by atoms with E-state index in [0.29, 0.717) is 26.2 Å². The molecule has 0 radical (unpaired) electrons. The Morgan fingerprint density at radius 3 is 2.75 bits per heavy atom. The van der Waals surface area contributed by atoms with Crippen LogP contribution in [0.4, 0.5) is 4.79 Å². The SMILES string of the molecule is CC(C)(C)OC(=O)N1CCN2C(NCc3csc(CCc4ccccc4)n3)=NCC2C1.I. The van der Waals surface area contributed by atoms with Gasteiger partial charge in [-0.25, -0.2) is 9.78 Å². The van der Waals surface area contributed by atoms with Crippen LogP contribution >= 0.6 is 35.3 Å². The number of ether oxygens (including phenoxy) is 1. The Morgan fingerprint density at radius 2 is 2.00 bits per heavy atom. The number of hydrogen-bond donors (Lipinski definition) is 1. The molecule has 1 N–H and O–H groups in total. The summed E-state index contributed by atoms with van der Waals surface area (Å²) in [6.07, 6.45) is 1.74. The van der Waals surface area contributed by atoms with E-state index < -0.39 is 5.60 Å². The average molecular weight is 570 g/mol. The molecule has 0 aliphatic carbocycles. The summed E-state index contributed by atoms with van der Waals surface area (Å²) in [5.41, 5.74) is 1.92. The number of fused-ring (bicyclic) bond motifs is 1. The molecular weight excluding hydrogens is 537 g/mol. The molecule has 0 saturated carbocycles. The molecule has 1 saturated heterocycles. The van der Waals surface area contributed by atoms with E-state index in [1.54, 1.807) is 16.2 Å². The molecule has 9 heteroatoms. The second-order valence-corrected chi connectivity index (χ2v) is 9.95. The Kier molecular flexibility index (Phi) is 8.37. The van der Waals surface area contributed by atoms with Crippen molar-refractivity contribution in [2.45, 2.75) is 51.8 Å². The topological polar surface area (TPSA) is 70.1 Å². The van der Waals surface area contributed by atoms with Gasteiger partial charge in [0.2, 0.25) is 0 Å². The van der Waals surface area contributed by atoms with E-state index in [1.165, 1.54) is 5.56 Å². The van der Waals surface area contributed by atoms with E-state index in [4.69, 9.17) is 9.72 Å². The van der Waals surface area contributed by atoms with Gasteiger partial charge in [0.05, 0.1) is 29.8 Å². The number of guanidine groups is 1. The number of carbonyl (C=O) groups is 1. The first-order valence-electron chi connectivity index (χ1n) is 10.9. The van der Waals surface area contributed by atoms with E-state index in [0.717, 1.165) is 36.0 Å². The second-order valence-electron chi connectivity index (χ2n) is 9.01. The highest BCUT2D eigenvalue weighted by Crippen LogP contribution is 2.19. The molecule has 1 fully saturated rings. The van der Waals surface area contributed by atoms with Crippen molar-refractivity contribution in [1.82, 2.24) is 20.1 Å². The standard InChI is InChI=1S/C23H31N5O2S.HI/c1-23(2,3)30-22(29)27-11-12-28-19(15-27)14-25-21(28)24-13-18-16-31-20(26-18)10-9-17-7-5-4-6-8-17;/h4-8,16,19H,9-15H2,1-3H3,(H,24,25);1H. The van der Waals surface area contributed by atoms with Crippen molar-refractivity contribution in [3.05, 3.63) is 52.0 Å². The van der Waals surface area contributed by atoms with Crippen molar-refractivity contribution in [2.24, 2.45) is 4.99 Å². The van der Waals surface area contributed by atoms with Crippen LogP contribution in [0.2, 0.25) is 0 Å². The summed E-state index contributed by atoms with van der Waals surface area (Å²) in [6.45, 7) is 9.10. The fraction of sp³-hybridized carbons (Fsp3) is 0.522. The lowest BCUT2D eigenvalue weighted by Gasteiger charge is -2.39. The van der Waals surface area contributed by atoms with Gasteiger partial charge in [-0.1, -0.05) is 30.3 Å². The number of aliphatic imine (C=N–C) groups is 1. The van der Waals surface area contributed by atoms with Crippen LogP contribution in [0.5, 0.6) is 0 Å². The number of halogens is 1. The fourth-order valence-corrected chi connectivity index (χ4v) is 4.63. The van der Waals surface area contributed by atoms with Crippen molar-refractivity contribution in [1.29, 1.82) is 0 Å². The number of amides is 1.